The van der Waals surface area contributed by atoms with Crippen LogP contribution >= 0.6 is 50.5 Å². The third kappa shape index (κ3) is 21.8. The predicted octanol–water partition coefficient (Wildman–Crippen LogP) is 11.2. The molecule has 0 spiro atoms. The van der Waals surface area contributed by atoms with Crippen LogP contribution in [0.4, 0.5) is 56.6 Å². The summed E-state index contributed by atoms with van der Waals surface area (Å²) < 4.78 is 62.1. The number of aryl methyl sites for hydroxylation is 3. The van der Waals surface area contributed by atoms with E-state index in [1.807, 2.05) is 150 Å². The zero-order chi connectivity index (χ0) is 74.3. The quantitative estimate of drug-likeness (QED) is 0.0209. The van der Waals surface area contributed by atoms with E-state index in [1.165, 1.54) is 52.8 Å². The fourth-order valence-electron chi connectivity index (χ4n) is 9.69. The Morgan fingerprint density at radius 3 is 1.16 bits per heavy atom. The predicted molar refractivity (Wildman–Crippen MR) is 393 cm³/mol. The Balaban J connectivity index is 0.000000185. The van der Waals surface area contributed by atoms with E-state index in [-0.39, 0.29) is 58.7 Å². The van der Waals surface area contributed by atoms with Gasteiger partial charge in [0.1, 0.15) is 62.7 Å². The minimum Gasteiger partial charge on any atom is -0.389 e. The number of hydrogen-bond acceptors (Lipinski definition) is 23. The molecule has 528 valence electrons. The summed E-state index contributed by atoms with van der Waals surface area (Å²) in [5, 5.41) is 47.2. The second kappa shape index (κ2) is 36.7. The van der Waals surface area contributed by atoms with Gasteiger partial charge in [0.15, 0.2) is 0 Å². The summed E-state index contributed by atoms with van der Waals surface area (Å²) in [5.41, 5.74) is 36.5. The van der Waals surface area contributed by atoms with Crippen molar-refractivity contribution in [1.82, 2.24) is 41.8 Å². The van der Waals surface area contributed by atoms with Crippen LogP contribution in [0.1, 0.15) is 55.3 Å². The number of nitrogens with zero attached hydrogens (tertiary/aromatic N) is 11. The summed E-state index contributed by atoms with van der Waals surface area (Å²) >= 11 is 6.96. The normalized spacial score (nSPS) is 11.3. The first-order chi connectivity index (χ1) is 49.5. The van der Waals surface area contributed by atoms with Gasteiger partial charge in [-0.05, 0) is 179 Å². The number of anilines is 8. The molecule has 3 atom stereocenters. The Morgan fingerprint density at radius 1 is 0.495 bits per heavy atom. The fraction of sp³-hybridized carbons (Fsp3) is 0.130. The van der Waals surface area contributed by atoms with Gasteiger partial charge in [0.2, 0.25) is 17.7 Å². The first-order valence-electron chi connectivity index (χ1n) is 30.4. The highest BCUT2D eigenvalue weighted by atomic mass is 79.9. The number of hydrogen-bond donors (Lipinski definition) is 12. The Bertz CT molecular complexity index is 4900. The Kier molecular flexibility index (Phi) is 27.2. The molecule has 12 rings (SSSR count). The largest absolute Gasteiger partial charge is 0.389 e. The maximum atomic E-state index is 14.8. The van der Waals surface area contributed by atoms with Crippen LogP contribution in [0.3, 0.4) is 0 Å². The minimum atomic E-state index is -0.897. The number of carbonyl (C=O) groups is 4. The Labute approximate surface area is 607 Å². The van der Waals surface area contributed by atoms with Crippen molar-refractivity contribution in [3.05, 3.63) is 256 Å². The number of halogens is 4. The second-order valence-electron chi connectivity index (χ2n) is 22.3. The number of benzene rings is 6. The van der Waals surface area contributed by atoms with Gasteiger partial charge in [0, 0.05) is 78.0 Å². The van der Waals surface area contributed by atoms with Crippen molar-refractivity contribution in [2.75, 3.05) is 32.3 Å². The van der Waals surface area contributed by atoms with Crippen molar-refractivity contribution < 1.29 is 42.9 Å². The molecule has 6 heterocycles. The molecule has 103 heavy (non-hydrogen) atoms. The van der Waals surface area contributed by atoms with Gasteiger partial charge >= 0.3 is 0 Å². The van der Waals surface area contributed by atoms with Gasteiger partial charge in [-0.2, -0.15) is 23.6 Å². The van der Waals surface area contributed by atoms with Crippen molar-refractivity contribution in [2.24, 2.45) is 22.9 Å². The topological polar surface area (TPSA) is 439 Å². The fourth-order valence-corrected chi connectivity index (χ4v) is 12.0. The molecule has 0 saturated heterocycles. The van der Waals surface area contributed by atoms with Gasteiger partial charge in [0.25, 0.3) is 5.91 Å². The molecule has 4 amide bonds. The Morgan fingerprint density at radius 2 is 0.845 bits per heavy atom. The summed E-state index contributed by atoms with van der Waals surface area (Å²) in [4.78, 5) is 60.0. The zero-order valence-corrected chi connectivity index (χ0v) is 58.8. The highest BCUT2D eigenvalue weighted by Gasteiger charge is 2.24. The molecule has 0 radical (unpaired) electrons. The molecular formula is C69H65BrF3N21O6S3. The molecule has 12 aromatic rings. The lowest BCUT2D eigenvalue weighted by molar-refractivity contribution is -0.176. The van der Waals surface area contributed by atoms with Crippen LogP contribution < -0.4 is 55.3 Å². The molecule has 6 aromatic carbocycles. The van der Waals surface area contributed by atoms with Crippen LogP contribution in [0.2, 0.25) is 0 Å². The monoisotopic (exact) mass is 1520 g/mol. The molecule has 0 aliphatic rings. The molecule has 17 N–H and O–H groups in total. The van der Waals surface area contributed by atoms with E-state index >= 15 is 0 Å². The molecule has 0 bridgehead atoms. The van der Waals surface area contributed by atoms with E-state index in [0.29, 0.717) is 20.2 Å². The van der Waals surface area contributed by atoms with Gasteiger partial charge in [0.05, 0.1) is 81.2 Å². The van der Waals surface area contributed by atoms with Gasteiger partial charge < -0.3 is 69.0 Å². The van der Waals surface area contributed by atoms with E-state index in [4.69, 9.17) is 44.4 Å². The lowest BCUT2D eigenvalue weighted by Crippen LogP contribution is -2.37. The van der Waals surface area contributed by atoms with Crippen LogP contribution in [-0.2, 0) is 33.6 Å². The van der Waals surface area contributed by atoms with E-state index in [2.05, 4.69) is 70.6 Å². The zero-order valence-electron chi connectivity index (χ0n) is 54.7. The van der Waals surface area contributed by atoms with E-state index < -0.39 is 59.2 Å². The summed E-state index contributed by atoms with van der Waals surface area (Å²) in [6, 6.07) is 36.9. The minimum absolute atomic E-state index is 0.00701. The summed E-state index contributed by atoms with van der Waals surface area (Å²) in [6.45, 7) is 5.60. The molecule has 34 heteroatoms. The second-order valence-corrected chi connectivity index (χ2v) is 25.6. The van der Waals surface area contributed by atoms with Crippen LogP contribution in [0.15, 0.2) is 188 Å². The number of primary amides is 4. The van der Waals surface area contributed by atoms with Gasteiger partial charge in [-0.1, -0.05) is 36.4 Å². The molecule has 0 unspecified atom stereocenters. The van der Waals surface area contributed by atoms with Crippen LogP contribution in [-0.4, -0.2) is 94.0 Å². The van der Waals surface area contributed by atoms with Crippen molar-refractivity contribution in [3.63, 3.8) is 0 Å². The molecule has 6 aromatic heterocycles. The van der Waals surface area contributed by atoms with E-state index in [9.17, 15) is 37.6 Å². The highest BCUT2D eigenvalue weighted by molar-refractivity contribution is 9.10. The third-order valence-corrected chi connectivity index (χ3v) is 17.7. The van der Waals surface area contributed by atoms with Crippen molar-refractivity contribution in [1.29, 1.82) is 10.5 Å². The first-order valence-corrected chi connectivity index (χ1v) is 33.6. The van der Waals surface area contributed by atoms with Crippen molar-refractivity contribution in [2.45, 2.75) is 58.2 Å². The lowest BCUT2D eigenvalue weighted by atomic mass is 10.0. The highest BCUT2D eigenvalue weighted by Crippen LogP contribution is 2.33. The van der Waals surface area contributed by atoms with Crippen molar-refractivity contribution in [3.8, 4) is 29.2 Å². The SMILES string of the molecule is Cc1cc(N)sn1.Cc1cc(Nc2cc(N[C@H](Cc3ccc(-n4ccnc4)cc3)C(N)=O)c(F)cc2C#N)sn1.Cc1cc(Nc2cc(N[C@H](Cc3ccc(-n4ccnc4)cc3)C(N)=O)c(F)cc2C(N)=O)sn1.N#Cc1cc(F)c(N[C@H](Cc2ccc(-n3ccnc3)cc2)C(N)=O)cc1Br.OO. The standard InChI is InChI=1S/C23H22FN7O2S.C23H20FN7OS.C19H15BrFN5O.C4H6N2S.H2O2/c1-13-8-21(34-30-13)29-18-11-19(17(24)10-16(18)22(25)32)28-20(23(26)33)9-14-2-4-15(5-3-14)31-7-6-27-12-31;1-14-8-22(33-30-14)29-19-11-20(18(24)10-16(19)12-25)28-21(23(26)32)9-15-2-4-17(5-3-15)31-7-6-27-13-31;20-15-9-17(16(21)8-13(15)10-22)25-18(19(23)27)7-12-1-3-14(4-2-12)26-6-5-24-11-26;1-3-2-4(5)7-6-3;1-2/h2-8,10-12,20,28-29H,9H2,1H3,(H2,25,32)(H2,26,33);2-8,10-11,13,21,28-29H,9H2,1H3,(H2,26,32);1-6,8-9,11,18,25H,7H2,(H2,23,27);2H,5H2,1H3;1-2H/t20-;21-;18-;;/m111../s1. The molecule has 27 nitrogen and oxygen atoms in total. The smallest absolute Gasteiger partial charge is 0.250 e. The molecular weight excluding hydrogens is 1450 g/mol. The maximum Gasteiger partial charge on any atom is 0.250 e. The van der Waals surface area contributed by atoms with Gasteiger partial charge in [-0.25, -0.2) is 28.1 Å². The van der Waals surface area contributed by atoms with E-state index in [1.54, 1.807) is 43.6 Å². The van der Waals surface area contributed by atoms with Gasteiger partial charge in [-0.3, -0.25) is 29.7 Å². The number of nitrogen functional groups attached to an aromatic ring is 1. The summed E-state index contributed by atoms with van der Waals surface area (Å²) in [5.74, 6) is -4.68. The summed E-state index contributed by atoms with van der Waals surface area (Å²) in [6.07, 6.45) is 16.4. The molecule has 0 aliphatic carbocycles. The number of aromatic nitrogens is 9. The number of imidazole rings is 3. The number of amides is 4. The van der Waals surface area contributed by atoms with Crippen LogP contribution in [0, 0.1) is 60.9 Å². The molecule has 0 fully saturated rings. The first kappa shape index (κ1) is 76.4. The Hall–Kier alpha value is -12.3. The van der Waals surface area contributed by atoms with Crippen LogP contribution in [0.25, 0.3) is 17.1 Å². The third-order valence-electron chi connectivity index (χ3n) is 14.8. The maximum absolute atomic E-state index is 14.8. The average Bonchev–Trinajstić information content (AvgIpc) is 1.38. The number of nitrogens with one attached hydrogen (secondary N) is 5. The lowest BCUT2D eigenvalue weighted by Gasteiger charge is -2.19. The average molecular weight is 1520 g/mol. The molecule has 0 saturated carbocycles. The van der Waals surface area contributed by atoms with E-state index in [0.717, 1.165) is 74.0 Å². The number of nitriles is 2. The summed E-state index contributed by atoms with van der Waals surface area (Å²) in [7, 11) is 0. The number of carbonyl (C=O) groups excluding carboxylic acids is 4. The number of rotatable bonds is 23. The van der Waals surface area contributed by atoms with Crippen LogP contribution in [0.5, 0.6) is 0 Å². The van der Waals surface area contributed by atoms with Gasteiger partial charge in [-0.15, -0.1) is 0 Å². The van der Waals surface area contributed by atoms with Crippen molar-refractivity contribution >= 4 is 118 Å². The number of nitrogens with two attached hydrogens (primary N) is 5. The molecule has 0 aliphatic heterocycles.